The summed E-state index contributed by atoms with van der Waals surface area (Å²) < 4.78 is 12.2. The maximum absolute atomic E-state index is 6.11. The Hall–Kier alpha value is -0.702. The zero-order valence-corrected chi connectivity index (χ0v) is 12.2. The van der Waals surface area contributed by atoms with E-state index in [4.69, 9.17) is 7.45 Å². The van der Waals surface area contributed by atoms with E-state index < -0.39 is 11.9 Å². The van der Waals surface area contributed by atoms with Gasteiger partial charge in [0.15, 0.2) is 0 Å². The normalized spacial score (nSPS) is 18.4. The minimum atomic E-state index is -2.62. The first kappa shape index (κ1) is 10.2. The van der Waals surface area contributed by atoms with Crippen LogP contribution >= 0.6 is 20.0 Å². The van der Waals surface area contributed by atoms with Gasteiger partial charge < -0.3 is 0 Å². The summed E-state index contributed by atoms with van der Waals surface area (Å²) in [6.45, 7) is 0. The number of rotatable bonds is 0. The summed E-state index contributed by atoms with van der Waals surface area (Å²) in [5.74, 6) is 1.95. The predicted molar refractivity (Wildman–Crippen MR) is 71.6 cm³/mol. The van der Waals surface area contributed by atoms with E-state index in [1.165, 1.54) is 9.79 Å². The van der Waals surface area contributed by atoms with Crippen molar-refractivity contribution in [1.82, 2.24) is 0 Å². The molecule has 0 aliphatic carbocycles. The van der Waals surface area contributed by atoms with E-state index >= 15 is 0 Å². The van der Waals surface area contributed by atoms with E-state index in [0.717, 1.165) is 11.5 Å². The molecular formula is C12H8AsO2S2. The third-order valence-corrected chi connectivity index (χ3v) is 15.0. The standard InChI is InChI=1S/C12H8AsO2S2/c1-3-7-11-9(5-1)14-13(16-11)15-10-6-2-4-8-12(10)17-13/h1-8H. The van der Waals surface area contributed by atoms with Crippen LogP contribution in [0.1, 0.15) is 0 Å². The molecule has 0 fully saturated rings. The van der Waals surface area contributed by atoms with Gasteiger partial charge in [0.1, 0.15) is 0 Å². The molecule has 2 aromatic rings. The van der Waals surface area contributed by atoms with E-state index in [9.17, 15) is 0 Å². The molecule has 2 nitrogen and oxygen atoms in total. The second kappa shape index (κ2) is 3.64. The molecule has 17 heavy (non-hydrogen) atoms. The molecule has 0 unspecified atom stereocenters. The van der Waals surface area contributed by atoms with Crippen molar-refractivity contribution in [2.75, 3.05) is 0 Å². The van der Waals surface area contributed by atoms with Crippen molar-refractivity contribution in [2.45, 2.75) is 9.79 Å². The number of hydrogen-bond acceptors (Lipinski definition) is 4. The van der Waals surface area contributed by atoms with Gasteiger partial charge in [-0.3, -0.25) is 0 Å². The summed E-state index contributed by atoms with van der Waals surface area (Å²) in [5, 5.41) is 0. The van der Waals surface area contributed by atoms with Gasteiger partial charge in [-0.05, 0) is 0 Å². The van der Waals surface area contributed by atoms with Crippen molar-refractivity contribution in [3.63, 3.8) is 0 Å². The average Bonchev–Trinajstić information content (AvgIpc) is 2.87. The van der Waals surface area contributed by atoms with Crippen LogP contribution in [0.4, 0.5) is 0 Å². The van der Waals surface area contributed by atoms with Crippen LogP contribution in [0, 0.1) is 0 Å². The molecule has 1 spiro atoms. The summed E-state index contributed by atoms with van der Waals surface area (Å²) >= 11 is -2.62. The SMILES string of the molecule is c1ccc2c(c1)O[As]1(Oc3ccccc3S1)S2. The van der Waals surface area contributed by atoms with Crippen LogP contribution in [0.3, 0.4) is 0 Å². The third-order valence-electron chi connectivity index (χ3n) is 2.54. The first-order valence-corrected chi connectivity index (χ1v) is 12.9. The number of para-hydroxylation sites is 2. The monoisotopic (exact) mass is 323 g/mol. The summed E-state index contributed by atoms with van der Waals surface area (Å²) in [7, 11) is 3.59. The molecule has 2 aliphatic rings. The molecule has 4 rings (SSSR count). The molecule has 5 heteroatoms. The maximum atomic E-state index is 6.11. The number of fused-ring (bicyclic) bond motifs is 2. The topological polar surface area (TPSA) is 18.5 Å². The number of benzene rings is 2. The van der Waals surface area contributed by atoms with E-state index in [1.54, 1.807) is 20.0 Å². The van der Waals surface area contributed by atoms with Gasteiger partial charge in [-0.15, -0.1) is 0 Å². The summed E-state index contributed by atoms with van der Waals surface area (Å²) in [6, 6.07) is 16.3. The van der Waals surface area contributed by atoms with Crippen molar-refractivity contribution in [1.29, 1.82) is 0 Å². The van der Waals surface area contributed by atoms with Crippen LogP contribution in [0.2, 0.25) is 0 Å². The van der Waals surface area contributed by atoms with E-state index in [1.807, 2.05) is 36.4 Å². The van der Waals surface area contributed by atoms with Gasteiger partial charge in [-0.25, -0.2) is 0 Å². The molecule has 0 saturated heterocycles. The van der Waals surface area contributed by atoms with Crippen molar-refractivity contribution >= 4 is 32.0 Å². The molecular weight excluding hydrogens is 315 g/mol. The Bertz CT molecular complexity index is 496. The molecule has 0 bridgehead atoms. The van der Waals surface area contributed by atoms with Gasteiger partial charge in [-0.2, -0.15) is 0 Å². The third kappa shape index (κ3) is 1.59. The minimum absolute atomic E-state index is 0.977. The Kier molecular flexibility index (Phi) is 2.20. The fourth-order valence-electron chi connectivity index (χ4n) is 1.80. The Balaban J connectivity index is 1.72. The Morgan fingerprint density at radius 3 is 1.65 bits per heavy atom. The van der Waals surface area contributed by atoms with Crippen LogP contribution in [0.25, 0.3) is 0 Å². The summed E-state index contributed by atoms with van der Waals surface area (Å²) in [5.41, 5.74) is 0. The van der Waals surface area contributed by atoms with Crippen LogP contribution in [0.5, 0.6) is 11.5 Å². The molecule has 0 atom stereocenters. The fraction of sp³-hybridized carbons (Fsp3) is 0. The average molecular weight is 323 g/mol. The first-order chi connectivity index (χ1) is 8.35. The van der Waals surface area contributed by atoms with Crippen molar-refractivity contribution in [2.24, 2.45) is 0 Å². The van der Waals surface area contributed by atoms with Gasteiger partial charge in [0, 0.05) is 0 Å². The molecule has 85 valence electrons. The van der Waals surface area contributed by atoms with E-state index in [-0.39, 0.29) is 0 Å². The second-order valence-corrected chi connectivity index (χ2v) is 16.1. The van der Waals surface area contributed by atoms with Gasteiger partial charge >= 0.3 is 109 Å². The van der Waals surface area contributed by atoms with Gasteiger partial charge in [0.05, 0.1) is 0 Å². The molecule has 0 N–H and O–H groups in total. The molecule has 2 aliphatic heterocycles. The second-order valence-electron chi connectivity index (χ2n) is 3.71. The van der Waals surface area contributed by atoms with Gasteiger partial charge in [0.2, 0.25) is 0 Å². The van der Waals surface area contributed by atoms with Crippen LogP contribution in [-0.4, -0.2) is 11.9 Å². The molecule has 2 aromatic carbocycles. The number of hydrogen-bond donors (Lipinski definition) is 0. The summed E-state index contributed by atoms with van der Waals surface area (Å²) in [4.78, 5) is 2.42. The zero-order chi connectivity index (χ0) is 11.3. The molecule has 1 radical (unpaired) electrons. The zero-order valence-electron chi connectivity index (χ0n) is 8.70. The molecule has 0 amide bonds. The Labute approximate surface area is 109 Å². The Morgan fingerprint density at radius 2 is 1.18 bits per heavy atom. The summed E-state index contributed by atoms with van der Waals surface area (Å²) in [6.07, 6.45) is 0. The van der Waals surface area contributed by atoms with E-state index in [0.29, 0.717) is 0 Å². The Morgan fingerprint density at radius 1 is 0.706 bits per heavy atom. The van der Waals surface area contributed by atoms with Crippen molar-refractivity contribution in [3.8, 4) is 11.5 Å². The molecule has 0 aromatic heterocycles. The van der Waals surface area contributed by atoms with Gasteiger partial charge in [-0.1, -0.05) is 0 Å². The fourth-order valence-corrected chi connectivity index (χ4v) is 16.0. The molecule has 0 saturated carbocycles. The van der Waals surface area contributed by atoms with Gasteiger partial charge in [0.25, 0.3) is 0 Å². The van der Waals surface area contributed by atoms with Crippen LogP contribution in [-0.2, 0) is 0 Å². The van der Waals surface area contributed by atoms with Crippen molar-refractivity contribution < 1.29 is 7.45 Å². The van der Waals surface area contributed by atoms with Crippen LogP contribution < -0.4 is 7.45 Å². The predicted octanol–water partition coefficient (Wildman–Crippen LogP) is 3.79. The quantitative estimate of drug-likeness (QED) is 0.686. The first-order valence-electron chi connectivity index (χ1n) is 5.20. The van der Waals surface area contributed by atoms with Crippen molar-refractivity contribution in [3.05, 3.63) is 48.5 Å². The van der Waals surface area contributed by atoms with Crippen LogP contribution in [0.15, 0.2) is 58.3 Å². The van der Waals surface area contributed by atoms with E-state index in [2.05, 4.69) is 12.1 Å². The molecule has 2 heterocycles.